The van der Waals surface area contributed by atoms with Crippen LogP contribution in [0.5, 0.6) is 11.5 Å². The predicted molar refractivity (Wildman–Crippen MR) is 127 cm³/mol. The first-order valence-corrected chi connectivity index (χ1v) is 12.5. The lowest BCUT2D eigenvalue weighted by atomic mass is 10.2. The number of anilines is 1. The van der Waals surface area contributed by atoms with Gasteiger partial charge in [-0.15, -0.1) is 0 Å². The molecule has 1 atom stereocenters. The minimum atomic E-state index is -3.74. The Hall–Kier alpha value is -2.33. The van der Waals surface area contributed by atoms with Crippen molar-refractivity contribution in [1.29, 1.82) is 0 Å². The van der Waals surface area contributed by atoms with Gasteiger partial charge in [0, 0.05) is 18.1 Å². The van der Waals surface area contributed by atoms with Crippen molar-refractivity contribution < 1.29 is 27.4 Å². The number of ether oxygens (including phenoxy) is 3. The fraction of sp³-hybridized carbons (Fsp3) is 0.435. The van der Waals surface area contributed by atoms with Crippen LogP contribution >= 0.6 is 11.6 Å². The van der Waals surface area contributed by atoms with Gasteiger partial charge in [0.25, 0.3) is 5.91 Å². The summed E-state index contributed by atoms with van der Waals surface area (Å²) in [6.45, 7) is 8.38. The van der Waals surface area contributed by atoms with Crippen molar-refractivity contribution >= 4 is 33.2 Å². The number of benzene rings is 2. The Bertz CT molecular complexity index is 1100. The SMILES string of the molecule is Cc1cc(Cl)ccc1OC(C)C(=O)Nc1cc(S(=O)(=O)N2CCOCC2)ccc1OC(C)C. The van der Waals surface area contributed by atoms with Gasteiger partial charge in [0.05, 0.1) is 29.9 Å². The Morgan fingerprint density at radius 1 is 1.06 bits per heavy atom. The van der Waals surface area contributed by atoms with E-state index in [-0.39, 0.29) is 29.8 Å². The van der Waals surface area contributed by atoms with Crippen molar-refractivity contribution in [3.05, 3.63) is 47.0 Å². The van der Waals surface area contributed by atoms with E-state index in [1.54, 1.807) is 31.2 Å². The van der Waals surface area contributed by atoms with E-state index < -0.39 is 22.0 Å². The molecule has 0 aromatic heterocycles. The third-order valence-corrected chi connectivity index (χ3v) is 7.12. The first-order chi connectivity index (χ1) is 15.6. The van der Waals surface area contributed by atoms with E-state index in [0.717, 1.165) is 5.56 Å². The Kier molecular flexibility index (Phi) is 8.23. The number of nitrogens with zero attached hydrogens (tertiary/aromatic N) is 1. The van der Waals surface area contributed by atoms with Crippen molar-refractivity contribution in [1.82, 2.24) is 4.31 Å². The fourth-order valence-corrected chi connectivity index (χ4v) is 4.94. The summed E-state index contributed by atoms with van der Waals surface area (Å²) < 4.78 is 44.4. The molecule has 1 aliphatic rings. The smallest absolute Gasteiger partial charge is 0.265 e. The highest BCUT2D eigenvalue weighted by Gasteiger charge is 2.28. The molecule has 2 aromatic rings. The van der Waals surface area contributed by atoms with Crippen molar-refractivity contribution in [2.75, 3.05) is 31.6 Å². The maximum absolute atomic E-state index is 13.1. The average molecular weight is 497 g/mol. The normalized spacial score (nSPS) is 15.8. The molecule has 0 bridgehead atoms. The van der Waals surface area contributed by atoms with E-state index in [1.807, 2.05) is 20.8 Å². The summed E-state index contributed by atoms with van der Waals surface area (Å²) in [6, 6.07) is 9.58. The summed E-state index contributed by atoms with van der Waals surface area (Å²) in [7, 11) is -3.74. The summed E-state index contributed by atoms with van der Waals surface area (Å²) in [6.07, 6.45) is -1.02. The molecular weight excluding hydrogens is 468 g/mol. The molecule has 33 heavy (non-hydrogen) atoms. The Labute approximate surface area is 199 Å². The average Bonchev–Trinajstić information content (AvgIpc) is 2.77. The number of hydrogen-bond donors (Lipinski definition) is 1. The number of rotatable bonds is 8. The van der Waals surface area contributed by atoms with E-state index in [1.165, 1.54) is 16.4 Å². The second-order valence-electron chi connectivity index (χ2n) is 8.00. The minimum absolute atomic E-state index is 0.0675. The van der Waals surface area contributed by atoms with Crippen LogP contribution in [-0.2, 0) is 19.6 Å². The second kappa shape index (κ2) is 10.7. The van der Waals surface area contributed by atoms with E-state index in [4.69, 9.17) is 25.8 Å². The Morgan fingerprint density at radius 2 is 1.73 bits per heavy atom. The highest BCUT2D eigenvalue weighted by atomic mass is 35.5. The molecule has 0 spiro atoms. The van der Waals surface area contributed by atoms with Crippen LogP contribution < -0.4 is 14.8 Å². The van der Waals surface area contributed by atoms with Crippen LogP contribution in [0.3, 0.4) is 0 Å². The number of halogens is 1. The maximum Gasteiger partial charge on any atom is 0.265 e. The van der Waals surface area contributed by atoms with Crippen molar-refractivity contribution in [2.45, 2.75) is 44.8 Å². The summed E-state index contributed by atoms with van der Waals surface area (Å²) in [5.41, 5.74) is 1.05. The molecule has 0 saturated carbocycles. The van der Waals surface area contributed by atoms with Crippen LogP contribution in [0, 0.1) is 6.92 Å². The summed E-state index contributed by atoms with van der Waals surface area (Å²) in [5, 5.41) is 3.33. The summed E-state index contributed by atoms with van der Waals surface area (Å²) in [5.74, 6) is 0.456. The lowest BCUT2D eigenvalue weighted by Gasteiger charge is -2.26. The van der Waals surface area contributed by atoms with Gasteiger partial charge < -0.3 is 19.5 Å². The number of sulfonamides is 1. The van der Waals surface area contributed by atoms with Gasteiger partial charge in [-0.3, -0.25) is 4.79 Å². The monoisotopic (exact) mass is 496 g/mol. The number of aryl methyl sites for hydroxylation is 1. The number of nitrogens with one attached hydrogen (secondary N) is 1. The largest absolute Gasteiger partial charge is 0.489 e. The second-order valence-corrected chi connectivity index (χ2v) is 10.4. The molecule has 1 saturated heterocycles. The van der Waals surface area contributed by atoms with Crippen LogP contribution in [0.2, 0.25) is 5.02 Å². The first kappa shape index (κ1) is 25.3. The summed E-state index contributed by atoms with van der Waals surface area (Å²) >= 11 is 5.98. The lowest BCUT2D eigenvalue weighted by molar-refractivity contribution is -0.122. The molecule has 0 aliphatic carbocycles. The topological polar surface area (TPSA) is 94.2 Å². The maximum atomic E-state index is 13.1. The molecule has 1 amide bonds. The molecule has 180 valence electrons. The first-order valence-electron chi connectivity index (χ1n) is 10.7. The van der Waals surface area contributed by atoms with Crippen LogP contribution in [0.1, 0.15) is 26.3 Å². The fourth-order valence-electron chi connectivity index (χ4n) is 3.28. The van der Waals surface area contributed by atoms with Gasteiger partial charge in [-0.1, -0.05) is 11.6 Å². The molecule has 1 fully saturated rings. The quantitative estimate of drug-likeness (QED) is 0.596. The van der Waals surface area contributed by atoms with Crippen molar-refractivity contribution in [2.24, 2.45) is 0 Å². The third-order valence-electron chi connectivity index (χ3n) is 4.99. The molecule has 1 unspecified atom stereocenters. The third kappa shape index (κ3) is 6.38. The zero-order chi connectivity index (χ0) is 24.2. The highest BCUT2D eigenvalue weighted by Crippen LogP contribution is 2.31. The molecule has 1 heterocycles. The van der Waals surface area contributed by atoms with Gasteiger partial charge in [0.2, 0.25) is 10.0 Å². The molecule has 8 nitrogen and oxygen atoms in total. The molecular formula is C23H29ClN2O6S. The van der Waals surface area contributed by atoms with E-state index in [0.29, 0.717) is 29.7 Å². The van der Waals surface area contributed by atoms with Crippen LogP contribution in [0.15, 0.2) is 41.3 Å². The lowest BCUT2D eigenvalue weighted by Crippen LogP contribution is -2.40. The van der Waals surface area contributed by atoms with Gasteiger partial charge >= 0.3 is 0 Å². The molecule has 10 heteroatoms. The Balaban J connectivity index is 1.84. The van der Waals surface area contributed by atoms with Crippen LogP contribution in [0.25, 0.3) is 0 Å². The van der Waals surface area contributed by atoms with E-state index in [9.17, 15) is 13.2 Å². The number of hydrogen-bond acceptors (Lipinski definition) is 6. The van der Waals surface area contributed by atoms with Crippen LogP contribution in [-0.4, -0.2) is 57.1 Å². The number of amides is 1. The van der Waals surface area contributed by atoms with Crippen LogP contribution in [0.4, 0.5) is 5.69 Å². The summed E-state index contributed by atoms with van der Waals surface area (Å²) in [4.78, 5) is 13.0. The predicted octanol–water partition coefficient (Wildman–Crippen LogP) is 3.86. The molecule has 1 N–H and O–H groups in total. The number of morpholine rings is 1. The minimum Gasteiger partial charge on any atom is -0.489 e. The highest BCUT2D eigenvalue weighted by molar-refractivity contribution is 7.89. The van der Waals surface area contributed by atoms with Gasteiger partial charge in [0.15, 0.2) is 6.10 Å². The molecule has 0 radical (unpaired) electrons. The van der Waals surface area contributed by atoms with Crippen molar-refractivity contribution in [3.63, 3.8) is 0 Å². The molecule has 3 rings (SSSR count). The standard InChI is InChI=1S/C23H29ClN2O6S/c1-15(2)31-22-8-6-19(33(28,29)26-9-11-30-12-10-26)14-20(22)25-23(27)17(4)32-21-7-5-18(24)13-16(21)3/h5-8,13-15,17H,9-12H2,1-4H3,(H,25,27). The van der Waals surface area contributed by atoms with Gasteiger partial charge in [-0.2, -0.15) is 4.31 Å². The van der Waals surface area contributed by atoms with Crippen molar-refractivity contribution in [3.8, 4) is 11.5 Å². The van der Waals surface area contributed by atoms with Gasteiger partial charge in [-0.25, -0.2) is 8.42 Å². The van der Waals surface area contributed by atoms with Gasteiger partial charge in [-0.05, 0) is 69.7 Å². The Morgan fingerprint density at radius 3 is 2.36 bits per heavy atom. The number of carbonyl (C=O) groups excluding carboxylic acids is 1. The van der Waals surface area contributed by atoms with E-state index in [2.05, 4.69) is 5.32 Å². The molecule has 2 aromatic carbocycles. The van der Waals surface area contributed by atoms with Gasteiger partial charge in [0.1, 0.15) is 11.5 Å². The van der Waals surface area contributed by atoms with E-state index >= 15 is 0 Å². The number of carbonyl (C=O) groups is 1. The molecule has 1 aliphatic heterocycles. The zero-order valence-electron chi connectivity index (χ0n) is 19.1. The zero-order valence-corrected chi connectivity index (χ0v) is 20.7.